The highest BCUT2D eigenvalue weighted by molar-refractivity contribution is 14.0. The van der Waals surface area contributed by atoms with Gasteiger partial charge in [-0.2, -0.15) is 0 Å². The molecule has 1 atom stereocenters. The summed E-state index contributed by atoms with van der Waals surface area (Å²) < 4.78 is 5.47. The molecule has 0 aliphatic heterocycles. The van der Waals surface area contributed by atoms with Crippen LogP contribution < -0.4 is 10.1 Å². The smallest absolute Gasteiger partial charge is 0.126 e. The maximum atomic E-state index is 5.47. The second-order valence-corrected chi connectivity index (χ2v) is 5.81. The molecule has 0 aromatic heterocycles. The Labute approximate surface area is 161 Å². The second kappa shape index (κ2) is 9.04. The molecule has 0 aliphatic rings. The molecule has 1 N–H and O–H groups in total. The maximum absolute atomic E-state index is 5.47. The van der Waals surface area contributed by atoms with E-state index in [0.29, 0.717) is 6.04 Å². The van der Waals surface area contributed by atoms with Gasteiger partial charge in [0.05, 0.1) is 7.11 Å². The predicted molar refractivity (Wildman–Crippen MR) is 112 cm³/mol. The third kappa shape index (κ3) is 4.28. The summed E-state index contributed by atoms with van der Waals surface area (Å²) in [5.41, 5.74) is 2.68. The number of ether oxygens (including phenoxy) is 1. The number of fused-ring (bicyclic) bond motifs is 1. The van der Waals surface area contributed by atoms with E-state index in [-0.39, 0.29) is 24.0 Å². The Hall–Kier alpha value is -1.59. The summed E-state index contributed by atoms with van der Waals surface area (Å²) in [5, 5.41) is 6.07. The predicted octanol–water partition coefficient (Wildman–Crippen LogP) is 5.36. The van der Waals surface area contributed by atoms with Gasteiger partial charge in [-0.25, -0.2) is 0 Å². The van der Waals surface area contributed by atoms with Crippen LogP contribution in [-0.4, -0.2) is 13.7 Å². The van der Waals surface area contributed by atoms with Crippen molar-refractivity contribution in [3.05, 3.63) is 77.9 Å². The first-order valence-corrected chi connectivity index (χ1v) is 8.12. The van der Waals surface area contributed by atoms with Gasteiger partial charge in [0, 0.05) is 11.4 Å². The molecule has 3 aromatic carbocycles. The molecule has 0 radical (unpaired) electrons. The lowest BCUT2D eigenvalue weighted by atomic mass is 10.0. The van der Waals surface area contributed by atoms with Crippen LogP contribution in [0.15, 0.2) is 66.7 Å². The molecule has 0 saturated carbocycles. The maximum Gasteiger partial charge on any atom is 0.126 e. The summed E-state index contributed by atoms with van der Waals surface area (Å²) in [7, 11) is 1.73. The van der Waals surface area contributed by atoms with Crippen LogP contribution in [0.1, 0.15) is 24.1 Å². The Bertz CT molecular complexity index is 773. The van der Waals surface area contributed by atoms with Crippen molar-refractivity contribution in [1.29, 1.82) is 0 Å². The summed E-state index contributed by atoms with van der Waals surface area (Å²) in [5.74, 6) is 0.940. The van der Waals surface area contributed by atoms with E-state index in [1.807, 2.05) is 0 Å². The molecule has 3 aromatic rings. The van der Waals surface area contributed by atoms with E-state index in [1.54, 1.807) is 7.11 Å². The largest absolute Gasteiger partial charge is 0.496 e. The lowest BCUT2D eigenvalue weighted by molar-refractivity contribution is 0.419. The molecule has 0 fully saturated rings. The summed E-state index contributed by atoms with van der Waals surface area (Å²) in [6.07, 6.45) is 1.00. The van der Waals surface area contributed by atoms with E-state index >= 15 is 0 Å². The van der Waals surface area contributed by atoms with E-state index < -0.39 is 0 Å². The molecular weight excluding hydrogens is 409 g/mol. The number of rotatable bonds is 6. The number of methoxy groups -OCH3 is 1. The molecule has 0 heterocycles. The summed E-state index contributed by atoms with van der Waals surface area (Å²) >= 11 is 0. The highest BCUT2D eigenvalue weighted by Crippen LogP contribution is 2.28. The standard InChI is InChI=1S/C21H23NO.HI/c1-16(17-8-4-3-5-9-17)22-15-14-18-12-13-21(23-2)20-11-7-6-10-19(18)20;/h3-13,16,22H,14-15H2,1-2H3;1H. The lowest BCUT2D eigenvalue weighted by Gasteiger charge is -2.15. The van der Waals surface area contributed by atoms with Crippen molar-refractivity contribution in [1.82, 2.24) is 5.32 Å². The van der Waals surface area contributed by atoms with Crippen LogP contribution >= 0.6 is 24.0 Å². The zero-order valence-electron chi connectivity index (χ0n) is 14.2. The minimum absolute atomic E-state index is 0. The van der Waals surface area contributed by atoms with Crippen molar-refractivity contribution in [2.75, 3.05) is 13.7 Å². The van der Waals surface area contributed by atoms with Crippen molar-refractivity contribution in [2.45, 2.75) is 19.4 Å². The van der Waals surface area contributed by atoms with E-state index in [1.165, 1.54) is 21.9 Å². The first-order chi connectivity index (χ1) is 11.3. The van der Waals surface area contributed by atoms with Gasteiger partial charge >= 0.3 is 0 Å². The quantitative estimate of drug-likeness (QED) is 0.529. The molecule has 0 amide bonds. The number of hydrogen-bond acceptors (Lipinski definition) is 2. The van der Waals surface area contributed by atoms with Crippen LogP contribution in [0.3, 0.4) is 0 Å². The average molecular weight is 433 g/mol. The van der Waals surface area contributed by atoms with Crippen molar-refractivity contribution in [2.24, 2.45) is 0 Å². The molecule has 0 bridgehead atoms. The van der Waals surface area contributed by atoms with E-state index in [4.69, 9.17) is 4.74 Å². The van der Waals surface area contributed by atoms with E-state index in [2.05, 4.69) is 79.0 Å². The molecule has 24 heavy (non-hydrogen) atoms. The Balaban J connectivity index is 0.00000208. The number of hydrogen-bond donors (Lipinski definition) is 1. The Morgan fingerprint density at radius 3 is 2.25 bits per heavy atom. The fraction of sp³-hybridized carbons (Fsp3) is 0.238. The molecule has 0 saturated heterocycles. The number of nitrogens with one attached hydrogen (secondary N) is 1. The zero-order valence-corrected chi connectivity index (χ0v) is 16.5. The fourth-order valence-electron chi connectivity index (χ4n) is 3.01. The van der Waals surface area contributed by atoms with Gasteiger partial charge in [-0.3, -0.25) is 0 Å². The van der Waals surface area contributed by atoms with Gasteiger partial charge in [-0.05, 0) is 42.5 Å². The normalized spacial score (nSPS) is 11.8. The Morgan fingerprint density at radius 2 is 1.54 bits per heavy atom. The molecule has 2 nitrogen and oxygen atoms in total. The van der Waals surface area contributed by atoms with Gasteiger partial charge in [0.25, 0.3) is 0 Å². The fourth-order valence-corrected chi connectivity index (χ4v) is 3.01. The van der Waals surface area contributed by atoms with E-state index in [9.17, 15) is 0 Å². The van der Waals surface area contributed by atoms with E-state index in [0.717, 1.165) is 18.7 Å². The number of halogens is 1. The summed E-state index contributed by atoms with van der Waals surface area (Å²) in [6.45, 7) is 3.16. The molecular formula is C21H24INO. The van der Waals surface area contributed by atoms with Crippen molar-refractivity contribution < 1.29 is 4.74 Å². The van der Waals surface area contributed by atoms with Gasteiger partial charge < -0.3 is 10.1 Å². The highest BCUT2D eigenvalue weighted by atomic mass is 127. The zero-order chi connectivity index (χ0) is 16.1. The van der Waals surface area contributed by atoms with Gasteiger partial charge in [-0.1, -0.05) is 60.7 Å². The van der Waals surface area contributed by atoms with Crippen molar-refractivity contribution >= 4 is 34.7 Å². The van der Waals surface area contributed by atoms with Gasteiger partial charge in [0.2, 0.25) is 0 Å². The molecule has 3 heteroatoms. The average Bonchev–Trinajstić information content (AvgIpc) is 2.62. The SMILES string of the molecule is COc1ccc(CCNC(C)c2ccccc2)c2ccccc12.I. The molecule has 3 rings (SSSR count). The molecule has 126 valence electrons. The third-order valence-corrected chi connectivity index (χ3v) is 4.34. The van der Waals surface area contributed by atoms with Gasteiger partial charge in [-0.15, -0.1) is 24.0 Å². The van der Waals surface area contributed by atoms with Crippen molar-refractivity contribution in [3.63, 3.8) is 0 Å². The Kier molecular flexibility index (Phi) is 7.06. The lowest BCUT2D eigenvalue weighted by Crippen LogP contribution is -2.21. The molecule has 1 unspecified atom stereocenters. The van der Waals surface area contributed by atoms with Crippen LogP contribution in [0.2, 0.25) is 0 Å². The van der Waals surface area contributed by atoms with Crippen LogP contribution in [0, 0.1) is 0 Å². The highest BCUT2D eigenvalue weighted by Gasteiger charge is 2.07. The topological polar surface area (TPSA) is 21.3 Å². The molecule has 0 aliphatic carbocycles. The van der Waals surface area contributed by atoms with Crippen LogP contribution in [0.4, 0.5) is 0 Å². The second-order valence-electron chi connectivity index (χ2n) is 5.81. The van der Waals surface area contributed by atoms with Crippen LogP contribution in [-0.2, 0) is 6.42 Å². The number of benzene rings is 3. The summed E-state index contributed by atoms with van der Waals surface area (Å²) in [4.78, 5) is 0. The van der Waals surface area contributed by atoms with Crippen molar-refractivity contribution in [3.8, 4) is 5.75 Å². The molecule has 0 spiro atoms. The van der Waals surface area contributed by atoms with Gasteiger partial charge in [0.1, 0.15) is 5.75 Å². The van der Waals surface area contributed by atoms with Crippen LogP contribution in [0.5, 0.6) is 5.75 Å². The first kappa shape index (κ1) is 18.7. The van der Waals surface area contributed by atoms with Gasteiger partial charge in [0.15, 0.2) is 0 Å². The Morgan fingerprint density at radius 1 is 0.875 bits per heavy atom. The summed E-state index contributed by atoms with van der Waals surface area (Å²) in [6, 6.07) is 23.6. The third-order valence-electron chi connectivity index (χ3n) is 4.34. The minimum atomic E-state index is 0. The minimum Gasteiger partial charge on any atom is -0.496 e. The first-order valence-electron chi connectivity index (χ1n) is 8.12. The van der Waals surface area contributed by atoms with Crippen LogP contribution in [0.25, 0.3) is 10.8 Å². The monoisotopic (exact) mass is 433 g/mol.